The number of nitrogens with two attached hydrogens (primary N) is 1. The van der Waals surface area contributed by atoms with Crippen molar-refractivity contribution in [3.05, 3.63) is 28.2 Å². The van der Waals surface area contributed by atoms with Gasteiger partial charge in [-0.3, -0.25) is 0 Å². The van der Waals surface area contributed by atoms with E-state index in [1.165, 1.54) is 25.7 Å². The first kappa shape index (κ1) is 13.4. The minimum atomic E-state index is -0.299. The second kappa shape index (κ2) is 6.23. The average molecular weight is 312 g/mol. The third kappa shape index (κ3) is 3.25. The molecule has 1 saturated carbocycles. The van der Waals surface area contributed by atoms with E-state index in [1.54, 1.807) is 18.2 Å². The van der Waals surface area contributed by atoms with Crippen LogP contribution in [0.4, 0.5) is 5.69 Å². The molecule has 1 aromatic carbocycles. The van der Waals surface area contributed by atoms with Crippen molar-refractivity contribution in [2.75, 3.05) is 12.3 Å². The maximum Gasteiger partial charge on any atom is 0.339 e. The molecule has 0 spiro atoms. The van der Waals surface area contributed by atoms with Gasteiger partial charge >= 0.3 is 5.97 Å². The smallest absolute Gasteiger partial charge is 0.339 e. The van der Waals surface area contributed by atoms with Gasteiger partial charge < -0.3 is 10.5 Å². The van der Waals surface area contributed by atoms with Gasteiger partial charge in [-0.1, -0.05) is 31.7 Å². The molecule has 0 radical (unpaired) electrons. The van der Waals surface area contributed by atoms with E-state index in [0.717, 1.165) is 12.3 Å². The molecule has 1 fully saturated rings. The molecule has 1 aromatic rings. The van der Waals surface area contributed by atoms with Crippen LogP contribution in [0.2, 0.25) is 0 Å². The Bertz CT molecular complexity index is 428. The van der Waals surface area contributed by atoms with Crippen LogP contribution in [0.25, 0.3) is 0 Å². The first-order valence-electron chi connectivity index (χ1n) is 6.39. The normalized spacial score (nSPS) is 15.8. The van der Waals surface area contributed by atoms with Crippen LogP contribution in [0, 0.1) is 5.92 Å². The number of halogens is 1. The maximum absolute atomic E-state index is 11.9. The highest BCUT2D eigenvalue weighted by Crippen LogP contribution is 2.28. The molecule has 0 saturated heterocycles. The van der Waals surface area contributed by atoms with Gasteiger partial charge in [0.2, 0.25) is 0 Å². The lowest BCUT2D eigenvalue weighted by atomic mass is 10.1. The Morgan fingerprint density at radius 2 is 2.11 bits per heavy atom. The van der Waals surface area contributed by atoms with E-state index >= 15 is 0 Å². The summed E-state index contributed by atoms with van der Waals surface area (Å²) in [4.78, 5) is 11.9. The van der Waals surface area contributed by atoms with E-state index in [9.17, 15) is 4.79 Å². The van der Waals surface area contributed by atoms with Crippen LogP contribution in [-0.4, -0.2) is 12.6 Å². The molecule has 4 heteroatoms. The van der Waals surface area contributed by atoms with Crippen molar-refractivity contribution in [1.82, 2.24) is 0 Å². The molecular formula is C14H18BrNO2. The molecule has 1 aliphatic rings. The number of nitrogen functional groups attached to an aromatic ring is 1. The topological polar surface area (TPSA) is 52.3 Å². The molecule has 0 bridgehead atoms. The SMILES string of the molecule is Nc1cccc(C(=O)OCCC2CCCC2)c1Br. The van der Waals surface area contributed by atoms with Gasteiger partial charge in [-0.15, -0.1) is 0 Å². The Morgan fingerprint density at radius 3 is 2.83 bits per heavy atom. The van der Waals surface area contributed by atoms with E-state index in [2.05, 4.69) is 15.9 Å². The van der Waals surface area contributed by atoms with Crippen molar-refractivity contribution in [1.29, 1.82) is 0 Å². The van der Waals surface area contributed by atoms with Crippen LogP contribution in [0.3, 0.4) is 0 Å². The van der Waals surface area contributed by atoms with Crippen LogP contribution >= 0.6 is 15.9 Å². The van der Waals surface area contributed by atoms with Gasteiger partial charge in [0.1, 0.15) is 0 Å². The molecule has 3 nitrogen and oxygen atoms in total. The van der Waals surface area contributed by atoms with E-state index in [4.69, 9.17) is 10.5 Å². The van der Waals surface area contributed by atoms with Gasteiger partial charge in [0.15, 0.2) is 0 Å². The number of carbonyl (C=O) groups is 1. The number of ether oxygens (including phenoxy) is 1. The standard InChI is InChI=1S/C14H18BrNO2/c15-13-11(6-3-7-12(13)16)14(17)18-9-8-10-4-1-2-5-10/h3,6-7,10H,1-2,4-5,8-9,16H2. The highest BCUT2D eigenvalue weighted by molar-refractivity contribution is 9.10. The van der Waals surface area contributed by atoms with Crippen molar-refractivity contribution in [3.8, 4) is 0 Å². The van der Waals surface area contributed by atoms with Crippen molar-refractivity contribution >= 4 is 27.6 Å². The molecule has 0 aromatic heterocycles. The predicted molar refractivity (Wildman–Crippen MR) is 75.4 cm³/mol. The number of anilines is 1. The zero-order valence-electron chi connectivity index (χ0n) is 10.3. The Hall–Kier alpha value is -1.03. The number of benzene rings is 1. The van der Waals surface area contributed by atoms with E-state index in [1.807, 2.05) is 0 Å². The highest BCUT2D eigenvalue weighted by atomic mass is 79.9. The average Bonchev–Trinajstić information content (AvgIpc) is 2.85. The summed E-state index contributed by atoms with van der Waals surface area (Å²) in [7, 11) is 0. The third-order valence-corrected chi connectivity index (χ3v) is 4.37. The lowest BCUT2D eigenvalue weighted by Gasteiger charge is -2.10. The summed E-state index contributed by atoms with van der Waals surface area (Å²) in [5.74, 6) is 0.439. The Balaban J connectivity index is 1.85. The van der Waals surface area contributed by atoms with Gasteiger partial charge in [-0.25, -0.2) is 4.79 Å². The molecular weight excluding hydrogens is 294 g/mol. The second-order valence-corrected chi connectivity index (χ2v) is 5.58. The summed E-state index contributed by atoms with van der Waals surface area (Å²) in [5.41, 5.74) is 6.79. The summed E-state index contributed by atoms with van der Waals surface area (Å²) in [6.45, 7) is 0.505. The first-order chi connectivity index (χ1) is 8.68. The molecule has 2 rings (SSSR count). The third-order valence-electron chi connectivity index (χ3n) is 3.48. The molecule has 0 atom stereocenters. The molecule has 98 valence electrons. The zero-order chi connectivity index (χ0) is 13.0. The zero-order valence-corrected chi connectivity index (χ0v) is 11.9. The Kier molecular flexibility index (Phi) is 4.64. The van der Waals surface area contributed by atoms with Crippen molar-refractivity contribution in [2.45, 2.75) is 32.1 Å². The number of hydrogen-bond donors (Lipinski definition) is 1. The second-order valence-electron chi connectivity index (χ2n) is 4.78. The molecule has 0 heterocycles. The van der Waals surface area contributed by atoms with Crippen LogP contribution < -0.4 is 5.73 Å². The molecule has 0 unspecified atom stereocenters. The molecule has 2 N–H and O–H groups in total. The Morgan fingerprint density at radius 1 is 1.39 bits per heavy atom. The quantitative estimate of drug-likeness (QED) is 0.680. The first-order valence-corrected chi connectivity index (χ1v) is 7.19. The number of carbonyl (C=O) groups excluding carboxylic acids is 1. The van der Waals surface area contributed by atoms with Crippen molar-refractivity contribution in [3.63, 3.8) is 0 Å². The number of rotatable bonds is 4. The number of esters is 1. The molecule has 0 amide bonds. The number of hydrogen-bond acceptors (Lipinski definition) is 3. The molecule has 18 heavy (non-hydrogen) atoms. The fraction of sp³-hybridized carbons (Fsp3) is 0.500. The fourth-order valence-electron chi connectivity index (χ4n) is 2.40. The molecule has 0 aliphatic heterocycles. The summed E-state index contributed by atoms with van der Waals surface area (Å²) in [6.07, 6.45) is 6.17. The van der Waals surface area contributed by atoms with E-state index in [-0.39, 0.29) is 5.97 Å². The lowest BCUT2D eigenvalue weighted by molar-refractivity contribution is 0.0482. The highest BCUT2D eigenvalue weighted by Gasteiger charge is 2.17. The monoisotopic (exact) mass is 311 g/mol. The fourth-order valence-corrected chi connectivity index (χ4v) is 2.83. The van der Waals surface area contributed by atoms with Crippen LogP contribution in [0.5, 0.6) is 0 Å². The van der Waals surface area contributed by atoms with Gasteiger partial charge in [-0.2, -0.15) is 0 Å². The lowest BCUT2D eigenvalue weighted by Crippen LogP contribution is -2.10. The van der Waals surface area contributed by atoms with Crippen LogP contribution in [0.1, 0.15) is 42.5 Å². The van der Waals surface area contributed by atoms with E-state index < -0.39 is 0 Å². The summed E-state index contributed by atoms with van der Waals surface area (Å²) in [5, 5.41) is 0. The minimum Gasteiger partial charge on any atom is -0.462 e. The minimum absolute atomic E-state index is 0.299. The van der Waals surface area contributed by atoms with Crippen molar-refractivity contribution in [2.24, 2.45) is 5.92 Å². The van der Waals surface area contributed by atoms with Gasteiger partial charge in [0.25, 0.3) is 0 Å². The molecule has 1 aliphatic carbocycles. The van der Waals surface area contributed by atoms with Crippen LogP contribution in [-0.2, 0) is 4.74 Å². The van der Waals surface area contributed by atoms with Gasteiger partial charge in [0.05, 0.1) is 16.6 Å². The van der Waals surface area contributed by atoms with E-state index in [0.29, 0.717) is 22.3 Å². The summed E-state index contributed by atoms with van der Waals surface area (Å²) < 4.78 is 5.92. The van der Waals surface area contributed by atoms with Crippen LogP contribution in [0.15, 0.2) is 22.7 Å². The predicted octanol–water partition coefficient (Wildman–Crippen LogP) is 3.77. The van der Waals surface area contributed by atoms with Gasteiger partial charge in [-0.05, 0) is 40.4 Å². The van der Waals surface area contributed by atoms with Gasteiger partial charge in [0, 0.05) is 5.69 Å². The van der Waals surface area contributed by atoms with Crippen molar-refractivity contribution < 1.29 is 9.53 Å². The summed E-state index contributed by atoms with van der Waals surface area (Å²) >= 11 is 3.31. The Labute approximate surface area is 116 Å². The maximum atomic E-state index is 11.9. The summed E-state index contributed by atoms with van der Waals surface area (Å²) in [6, 6.07) is 5.23. The largest absolute Gasteiger partial charge is 0.462 e.